The van der Waals surface area contributed by atoms with Crippen LogP contribution >= 0.6 is 0 Å². The van der Waals surface area contributed by atoms with Gasteiger partial charge in [-0.15, -0.1) is 0 Å². The van der Waals surface area contributed by atoms with Crippen LogP contribution in [0.25, 0.3) is 11.3 Å². The van der Waals surface area contributed by atoms with E-state index in [2.05, 4.69) is 17.0 Å². The van der Waals surface area contributed by atoms with E-state index in [1.54, 1.807) is 42.3 Å². The van der Waals surface area contributed by atoms with Crippen LogP contribution in [0.15, 0.2) is 64.7 Å². The lowest BCUT2D eigenvalue weighted by Gasteiger charge is -2.28. The number of ketones is 1. The summed E-state index contributed by atoms with van der Waals surface area (Å²) in [5.74, 6) is -0.175. The number of carbonyl (C=O) groups excluding carboxylic acids is 1. The smallest absolute Gasteiger partial charge is 0.331 e. The zero-order valence-electron chi connectivity index (χ0n) is 23.7. The Kier molecular flexibility index (Phi) is 8.01. The van der Waals surface area contributed by atoms with E-state index in [9.17, 15) is 14.4 Å². The number of aryl methyl sites for hydroxylation is 1. The number of nitrogens with zero attached hydrogens (tertiary/aromatic N) is 5. The molecule has 41 heavy (non-hydrogen) atoms. The molecule has 1 aromatic carbocycles. The summed E-state index contributed by atoms with van der Waals surface area (Å²) in [5, 5.41) is 4.14. The predicted molar refractivity (Wildman–Crippen MR) is 153 cm³/mol. The normalized spacial score (nSPS) is 17.1. The first-order valence-electron chi connectivity index (χ1n) is 13.9. The molecule has 0 bridgehead atoms. The second kappa shape index (κ2) is 11.6. The second-order valence-electron chi connectivity index (χ2n) is 11.2. The molecule has 214 valence electrons. The van der Waals surface area contributed by atoms with Crippen molar-refractivity contribution in [2.45, 2.75) is 65.0 Å². The summed E-state index contributed by atoms with van der Waals surface area (Å²) >= 11 is 0. The van der Waals surface area contributed by atoms with Gasteiger partial charge in [-0.1, -0.05) is 13.0 Å². The molecule has 5 rings (SSSR count). The van der Waals surface area contributed by atoms with E-state index in [4.69, 9.17) is 4.74 Å². The third-order valence-corrected chi connectivity index (χ3v) is 7.67. The molecule has 0 aliphatic heterocycles. The molecule has 1 fully saturated rings. The minimum atomic E-state index is -0.643. The summed E-state index contributed by atoms with van der Waals surface area (Å²) < 4.78 is 25.2. The number of rotatable bonds is 8. The van der Waals surface area contributed by atoms with Crippen molar-refractivity contribution in [2.24, 2.45) is 13.0 Å². The molecule has 0 spiro atoms. The molecule has 1 aliphatic rings. The lowest BCUT2D eigenvalue weighted by atomic mass is 9.87. The Morgan fingerprint density at radius 3 is 2.51 bits per heavy atom. The number of Topliss-reactive ketones (excluding diaryl/α,β-unsaturated/α-hetero) is 1. The van der Waals surface area contributed by atoms with E-state index in [0.29, 0.717) is 22.9 Å². The van der Waals surface area contributed by atoms with Crippen LogP contribution < -0.4 is 16.0 Å². The van der Waals surface area contributed by atoms with Crippen LogP contribution in [0.1, 0.15) is 74.5 Å². The van der Waals surface area contributed by atoms with Crippen LogP contribution in [-0.2, 0) is 13.5 Å². The SMILES string of the molecule is CC1CCC(n2c(=O)c(C(=O)Cc3ccc(Oc4ccnc(-c5cnn(C)c5)c4)c(F)c3)cn(C(C)C)c2=O)CC1. The lowest BCUT2D eigenvalue weighted by Crippen LogP contribution is -2.45. The fourth-order valence-electron chi connectivity index (χ4n) is 5.31. The van der Waals surface area contributed by atoms with Gasteiger partial charge < -0.3 is 4.74 Å². The Morgan fingerprint density at radius 1 is 1.10 bits per heavy atom. The zero-order chi connectivity index (χ0) is 29.3. The third-order valence-electron chi connectivity index (χ3n) is 7.67. The standard InChI is InChI=1S/C31H34FN5O4/c1-19(2)36-18-25(30(39)37(31(36)40)23-8-5-20(3)6-9-23)28(38)14-21-7-10-29(26(32)13-21)41-24-11-12-33-27(15-24)22-16-34-35(4)17-22/h7,10-13,15-20,23H,5-6,8-9,14H2,1-4H3. The van der Waals surface area contributed by atoms with E-state index in [1.165, 1.54) is 27.5 Å². The van der Waals surface area contributed by atoms with Crippen molar-refractivity contribution < 1.29 is 13.9 Å². The van der Waals surface area contributed by atoms with Crippen molar-refractivity contribution in [2.75, 3.05) is 0 Å². The van der Waals surface area contributed by atoms with Crippen molar-refractivity contribution in [1.82, 2.24) is 23.9 Å². The van der Waals surface area contributed by atoms with Gasteiger partial charge in [-0.25, -0.2) is 9.18 Å². The van der Waals surface area contributed by atoms with Crippen molar-refractivity contribution in [1.29, 1.82) is 0 Å². The molecular weight excluding hydrogens is 525 g/mol. The van der Waals surface area contributed by atoms with Crippen molar-refractivity contribution in [3.05, 3.63) is 92.9 Å². The van der Waals surface area contributed by atoms with Gasteiger partial charge in [0.25, 0.3) is 5.56 Å². The zero-order valence-corrected chi connectivity index (χ0v) is 23.7. The minimum Gasteiger partial charge on any atom is -0.454 e. The van der Waals surface area contributed by atoms with Crippen molar-refractivity contribution in [3.63, 3.8) is 0 Å². The molecule has 0 atom stereocenters. The van der Waals surface area contributed by atoms with Gasteiger partial charge in [-0.05, 0) is 69.2 Å². The number of aromatic nitrogens is 5. The number of ether oxygens (including phenoxy) is 1. The maximum absolute atomic E-state index is 15.1. The predicted octanol–water partition coefficient (Wildman–Crippen LogP) is 5.49. The minimum absolute atomic E-state index is 0.00762. The highest BCUT2D eigenvalue weighted by Gasteiger charge is 2.26. The monoisotopic (exact) mass is 559 g/mol. The van der Waals surface area contributed by atoms with E-state index < -0.39 is 22.8 Å². The van der Waals surface area contributed by atoms with E-state index in [1.807, 2.05) is 20.0 Å². The summed E-state index contributed by atoms with van der Waals surface area (Å²) in [7, 11) is 1.80. The van der Waals surface area contributed by atoms with Gasteiger partial charge in [0.05, 0.1) is 17.5 Å². The second-order valence-corrected chi connectivity index (χ2v) is 11.2. The quantitative estimate of drug-likeness (QED) is 0.265. The van der Waals surface area contributed by atoms with Crippen LogP contribution in [0.2, 0.25) is 0 Å². The highest BCUT2D eigenvalue weighted by molar-refractivity contribution is 5.97. The summed E-state index contributed by atoms with van der Waals surface area (Å²) in [6, 6.07) is 7.13. The molecule has 0 saturated heterocycles. The average molecular weight is 560 g/mol. The van der Waals surface area contributed by atoms with Crippen LogP contribution in [0.4, 0.5) is 4.39 Å². The molecule has 3 heterocycles. The summed E-state index contributed by atoms with van der Waals surface area (Å²) in [4.78, 5) is 44.4. The third kappa shape index (κ3) is 6.06. The number of halogens is 1. The molecular formula is C31H34FN5O4. The number of pyridine rings is 1. The highest BCUT2D eigenvalue weighted by Crippen LogP contribution is 2.31. The first kappa shape index (κ1) is 28.2. The molecule has 4 aromatic rings. The number of benzene rings is 1. The molecule has 9 nitrogen and oxygen atoms in total. The van der Waals surface area contributed by atoms with Gasteiger partial charge in [0.1, 0.15) is 5.75 Å². The van der Waals surface area contributed by atoms with Crippen molar-refractivity contribution >= 4 is 5.78 Å². The van der Waals surface area contributed by atoms with Crippen LogP contribution in [0, 0.1) is 11.7 Å². The first-order chi connectivity index (χ1) is 19.6. The van der Waals surface area contributed by atoms with Crippen LogP contribution in [0.5, 0.6) is 11.5 Å². The van der Waals surface area contributed by atoms with Gasteiger partial charge >= 0.3 is 5.69 Å². The Bertz CT molecular complexity index is 1700. The molecule has 0 radical (unpaired) electrons. The maximum atomic E-state index is 15.1. The maximum Gasteiger partial charge on any atom is 0.331 e. The molecule has 10 heteroatoms. The lowest BCUT2D eigenvalue weighted by molar-refractivity contribution is 0.0988. The summed E-state index contributed by atoms with van der Waals surface area (Å²) in [6.07, 6.45) is 9.52. The first-order valence-corrected chi connectivity index (χ1v) is 13.9. The van der Waals surface area contributed by atoms with E-state index in [0.717, 1.165) is 31.2 Å². The van der Waals surface area contributed by atoms with Crippen molar-refractivity contribution in [3.8, 4) is 22.8 Å². The number of hydrogen-bond acceptors (Lipinski definition) is 6. The van der Waals surface area contributed by atoms with Gasteiger partial charge in [0, 0.05) is 55.8 Å². The molecule has 1 saturated carbocycles. The summed E-state index contributed by atoms with van der Waals surface area (Å²) in [5.41, 5.74) is 0.806. The molecule has 0 amide bonds. The van der Waals surface area contributed by atoms with Crippen LogP contribution in [-0.4, -0.2) is 29.7 Å². The molecule has 0 N–H and O–H groups in total. The average Bonchev–Trinajstić information content (AvgIpc) is 3.37. The van der Waals surface area contributed by atoms with Crippen LogP contribution in [0.3, 0.4) is 0 Å². The Hall–Kier alpha value is -4.34. The fraction of sp³-hybridized carbons (Fsp3) is 0.387. The molecule has 1 aliphatic carbocycles. The van der Waals surface area contributed by atoms with Gasteiger partial charge in [-0.2, -0.15) is 5.10 Å². The van der Waals surface area contributed by atoms with Gasteiger partial charge in [0.15, 0.2) is 17.3 Å². The number of carbonyl (C=O) groups is 1. The highest BCUT2D eigenvalue weighted by atomic mass is 19.1. The topological polar surface area (TPSA) is 101 Å². The number of hydrogen-bond donors (Lipinski definition) is 0. The van der Waals surface area contributed by atoms with E-state index >= 15 is 4.39 Å². The molecule has 0 unspecified atom stereocenters. The summed E-state index contributed by atoms with van der Waals surface area (Å²) in [6.45, 7) is 5.84. The van der Waals surface area contributed by atoms with Gasteiger partial charge in [0.2, 0.25) is 0 Å². The Labute approximate surface area is 237 Å². The largest absolute Gasteiger partial charge is 0.454 e. The van der Waals surface area contributed by atoms with Gasteiger partial charge in [-0.3, -0.25) is 28.4 Å². The molecule has 3 aromatic heterocycles. The van der Waals surface area contributed by atoms with E-state index in [-0.39, 0.29) is 29.8 Å². The fourth-order valence-corrected chi connectivity index (χ4v) is 5.31. The Morgan fingerprint density at radius 2 is 1.85 bits per heavy atom. The Balaban J connectivity index is 1.37.